The molecule has 0 atom stereocenters. The number of hydrogen-bond acceptors (Lipinski definition) is 4. The number of rotatable bonds is 6. The lowest BCUT2D eigenvalue weighted by molar-refractivity contribution is -0.146. The van der Waals surface area contributed by atoms with Gasteiger partial charge in [-0.05, 0) is 38.1 Å². The van der Waals surface area contributed by atoms with Gasteiger partial charge in [-0.3, -0.25) is 9.59 Å². The van der Waals surface area contributed by atoms with Crippen molar-refractivity contribution in [3.05, 3.63) is 30.3 Å². The Balaban J connectivity index is 0.00000264. The molecule has 1 aromatic carbocycles. The largest absolute Gasteiger partial charge is 0.368 e. The summed E-state index contributed by atoms with van der Waals surface area (Å²) in [5, 5.41) is 8.80. The van der Waals surface area contributed by atoms with Crippen LogP contribution in [0.5, 0.6) is 0 Å². The molecule has 0 unspecified atom stereocenters. The Kier molecular flexibility index (Phi) is 8.02. The second kappa shape index (κ2) is 9.50. The van der Waals surface area contributed by atoms with E-state index >= 15 is 0 Å². The number of para-hydroxylation sites is 1. The number of ether oxygens (including phenoxy) is 1. The first-order valence-electron chi connectivity index (χ1n) is 7.55. The van der Waals surface area contributed by atoms with Gasteiger partial charge >= 0.3 is 0 Å². The van der Waals surface area contributed by atoms with Crippen LogP contribution >= 0.6 is 12.4 Å². The van der Waals surface area contributed by atoms with Crippen molar-refractivity contribution >= 4 is 29.9 Å². The lowest BCUT2D eigenvalue weighted by atomic mass is 9.91. The summed E-state index contributed by atoms with van der Waals surface area (Å²) in [6.45, 7) is 1.82. The average Bonchev–Trinajstić information content (AvgIpc) is 2.56. The van der Waals surface area contributed by atoms with Crippen LogP contribution in [0.25, 0.3) is 0 Å². The zero-order valence-electron chi connectivity index (χ0n) is 13.3. The van der Waals surface area contributed by atoms with Crippen LogP contribution in [0, 0.1) is 0 Å². The molecule has 2 amide bonds. The molecule has 1 aliphatic heterocycles. The number of benzene rings is 1. The van der Waals surface area contributed by atoms with Crippen LogP contribution < -0.4 is 16.0 Å². The van der Waals surface area contributed by atoms with E-state index in [9.17, 15) is 9.59 Å². The number of carbonyl (C=O) groups excluding carboxylic acids is 2. The maximum Gasteiger partial charge on any atom is 0.252 e. The zero-order valence-corrected chi connectivity index (χ0v) is 14.1. The van der Waals surface area contributed by atoms with Crippen molar-refractivity contribution < 1.29 is 14.3 Å². The molecule has 7 heteroatoms. The minimum absolute atomic E-state index is 0. The minimum Gasteiger partial charge on any atom is -0.368 e. The van der Waals surface area contributed by atoms with E-state index in [-0.39, 0.29) is 30.6 Å². The fourth-order valence-corrected chi connectivity index (χ4v) is 2.55. The van der Waals surface area contributed by atoms with Gasteiger partial charge in [-0.2, -0.15) is 0 Å². The molecule has 1 aromatic rings. The summed E-state index contributed by atoms with van der Waals surface area (Å²) in [7, 11) is 1.56. The normalized spacial score (nSPS) is 16.0. The summed E-state index contributed by atoms with van der Waals surface area (Å²) in [5.41, 5.74) is -0.00761. The minimum atomic E-state index is -0.763. The van der Waals surface area contributed by atoms with Crippen LogP contribution in [0.2, 0.25) is 0 Å². The number of amides is 2. The van der Waals surface area contributed by atoms with Crippen molar-refractivity contribution in [1.29, 1.82) is 0 Å². The average molecular weight is 342 g/mol. The summed E-state index contributed by atoms with van der Waals surface area (Å²) in [4.78, 5) is 24.1. The number of anilines is 1. The van der Waals surface area contributed by atoms with Crippen molar-refractivity contribution in [3.8, 4) is 0 Å². The molecule has 0 spiro atoms. The number of nitrogens with one attached hydrogen (secondary N) is 3. The molecule has 1 heterocycles. The zero-order chi connectivity index (χ0) is 15.8. The summed E-state index contributed by atoms with van der Waals surface area (Å²) in [6, 6.07) is 9.25. The highest BCUT2D eigenvalue weighted by Gasteiger charge is 2.39. The monoisotopic (exact) mass is 341 g/mol. The SMILES string of the molecule is COC1(C(=O)NCCC(=O)Nc2ccccc2)CCNCC1.Cl. The van der Waals surface area contributed by atoms with E-state index < -0.39 is 5.60 Å². The molecular formula is C16H24ClN3O3. The summed E-state index contributed by atoms with van der Waals surface area (Å²) in [5.74, 6) is -0.257. The van der Waals surface area contributed by atoms with Gasteiger partial charge in [0.2, 0.25) is 5.91 Å². The van der Waals surface area contributed by atoms with E-state index in [0.717, 1.165) is 18.8 Å². The Morgan fingerprint density at radius 2 is 1.87 bits per heavy atom. The first-order chi connectivity index (χ1) is 10.7. The standard InChI is InChI=1S/C16H23N3O3.ClH/c1-22-16(8-11-17-12-9-16)15(21)18-10-7-14(20)19-13-5-3-2-4-6-13;/h2-6,17H,7-12H2,1H3,(H,18,21)(H,19,20);1H. The molecule has 1 fully saturated rings. The maximum absolute atomic E-state index is 12.3. The number of carbonyl (C=O) groups is 2. The Morgan fingerprint density at radius 3 is 2.48 bits per heavy atom. The molecule has 3 N–H and O–H groups in total. The van der Waals surface area contributed by atoms with Gasteiger partial charge in [0.25, 0.3) is 5.91 Å². The second-order valence-electron chi connectivity index (χ2n) is 5.37. The second-order valence-corrected chi connectivity index (χ2v) is 5.37. The Hall–Kier alpha value is -1.63. The topological polar surface area (TPSA) is 79.5 Å². The molecule has 128 valence electrons. The van der Waals surface area contributed by atoms with E-state index in [1.54, 1.807) is 7.11 Å². The lowest BCUT2D eigenvalue weighted by Crippen LogP contribution is -2.54. The number of hydrogen-bond donors (Lipinski definition) is 3. The number of piperidine rings is 1. The van der Waals surface area contributed by atoms with E-state index in [0.29, 0.717) is 19.4 Å². The summed E-state index contributed by atoms with van der Waals surface area (Å²) < 4.78 is 5.44. The van der Waals surface area contributed by atoms with Gasteiger partial charge in [-0.25, -0.2) is 0 Å². The molecule has 0 aliphatic carbocycles. The van der Waals surface area contributed by atoms with Gasteiger partial charge in [-0.15, -0.1) is 12.4 Å². The quantitative estimate of drug-likeness (QED) is 0.729. The van der Waals surface area contributed by atoms with Crippen LogP contribution in [-0.4, -0.2) is 44.2 Å². The van der Waals surface area contributed by atoms with Gasteiger partial charge in [0.15, 0.2) is 0 Å². The van der Waals surface area contributed by atoms with Crippen LogP contribution in [0.1, 0.15) is 19.3 Å². The highest BCUT2D eigenvalue weighted by Crippen LogP contribution is 2.22. The van der Waals surface area contributed by atoms with E-state index in [1.165, 1.54) is 0 Å². The Bertz CT molecular complexity index is 505. The molecule has 23 heavy (non-hydrogen) atoms. The van der Waals surface area contributed by atoms with Gasteiger partial charge in [0, 0.05) is 25.8 Å². The molecule has 1 aliphatic rings. The first kappa shape index (κ1) is 19.4. The highest BCUT2D eigenvalue weighted by atomic mass is 35.5. The van der Waals surface area contributed by atoms with Crippen LogP contribution in [-0.2, 0) is 14.3 Å². The third-order valence-corrected chi connectivity index (χ3v) is 3.91. The Labute approximate surface area is 142 Å². The van der Waals surface area contributed by atoms with Crippen molar-refractivity contribution in [3.63, 3.8) is 0 Å². The van der Waals surface area contributed by atoms with E-state index in [2.05, 4.69) is 16.0 Å². The molecule has 0 aromatic heterocycles. The highest BCUT2D eigenvalue weighted by molar-refractivity contribution is 5.91. The van der Waals surface area contributed by atoms with Gasteiger partial charge in [-0.1, -0.05) is 18.2 Å². The number of methoxy groups -OCH3 is 1. The van der Waals surface area contributed by atoms with Crippen molar-refractivity contribution in [2.75, 3.05) is 32.1 Å². The van der Waals surface area contributed by atoms with Crippen LogP contribution in [0.15, 0.2) is 30.3 Å². The lowest BCUT2D eigenvalue weighted by Gasteiger charge is -2.34. The molecule has 1 saturated heterocycles. The Morgan fingerprint density at radius 1 is 1.22 bits per heavy atom. The van der Waals surface area contributed by atoms with Gasteiger partial charge in [0.05, 0.1) is 0 Å². The molecular weight excluding hydrogens is 318 g/mol. The fraction of sp³-hybridized carbons (Fsp3) is 0.500. The van der Waals surface area contributed by atoms with Crippen molar-refractivity contribution in [1.82, 2.24) is 10.6 Å². The van der Waals surface area contributed by atoms with Crippen molar-refractivity contribution in [2.45, 2.75) is 24.9 Å². The van der Waals surface area contributed by atoms with Crippen LogP contribution in [0.4, 0.5) is 5.69 Å². The van der Waals surface area contributed by atoms with Crippen LogP contribution in [0.3, 0.4) is 0 Å². The van der Waals surface area contributed by atoms with Crippen molar-refractivity contribution in [2.24, 2.45) is 0 Å². The summed E-state index contributed by atoms with van der Waals surface area (Å²) >= 11 is 0. The molecule has 0 radical (unpaired) electrons. The molecule has 0 bridgehead atoms. The first-order valence-corrected chi connectivity index (χ1v) is 7.55. The third kappa shape index (κ3) is 5.49. The fourth-order valence-electron chi connectivity index (χ4n) is 2.55. The predicted octanol–water partition coefficient (Wildman–Crippen LogP) is 1.32. The van der Waals surface area contributed by atoms with E-state index in [1.807, 2.05) is 30.3 Å². The smallest absolute Gasteiger partial charge is 0.252 e. The predicted molar refractivity (Wildman–Crippen MR) is 91.8 cm³/mol. The van der Waals surface area contributed by atoms with Gasteiger partial charge in [0.1, 0.15) is 5.60 Å². The maximum atomic E-state index is 12.3. The third-order valence-electron chi connectivity index (χ3n) is 3.91. The van der Waals surface area contributed by atoms with E-state index in [4.69, 9.17) is 4.74 Å². The van der Waals surface area contributed by atoms with Gasteiger partial charge < -0.3 is 20.7 Å². The summed E-state index contributed by atoms with van der Waals surface area (Å²) in [6.07, 6.45) is 1.52. The number of halogens is 1. The molecule has 6 nitrogen and oxygen atoms in total. The molecule has 0 saturated carbocycles. The molecule has 2 rings (SSSR count).